The Morgan fingerprint density at radius 3 is 2.45 bits per heavy atom. The maximum Gasteiger partial charge on any atom is 0.309 e. The lowest BCUT2D eigenvalue weighted by Gasteiger charge is -2.23. The van der Waals surface area contributed by atoms with Crippen LogP contribution in [0.2, 0.25) is 0 Å². The molecule has 0 bridgehead atoms. The Balaban J connectivity index is 1.65. The van der Waals surface area contributed by atoms with Crippen LogP contribution in [0.1, 0.15) is 50.5 Å². The van der Waals surface area contributed by atoms with Crippen LogP contribution in [0.5, 0.6) is 5.75 Å². The lowest BCUT2D eigenvalue weighted by atomic mass is 10.2. The number of nitrogens with one attached hydrogen (secondary N) is 2. The van der Waals surface area contributed by atoms with E-state index in [0.717, 1.165) is 56.3 Å². The molecule has 1 aromatic rings. The Morgan fingerprint density at radius 2 is 1.70 bits per heavy atom. The van der Waals surface area contributed by atoms with Gasteiger partial charge in [0.05, 0.1) is 6.61 Å². The van der Waals surface area contributed by atoms with E-state index in [0.29, 0.717) is 19.7 Å². The van der Waals surface area contributed by atoms with Gasteiger partial charge in [-0.25, -0.2) is 0 Å². The largest absolute Gasteiger partial charge is 0.493 e. The van der Waals surface area contributed by atoms with Crippen LogP contribution in [0.25, 0.3) is 0 Å². The smallest absolute Gasteiger partial charge is 0.309 e. The van der Waals surface area contributed by atoms with Gasteiger partial charge in [0.2, 0.25) is 0 Å². The molecular weight excluding hydrogens is 418 g/mol. The van der Waals surface area contributed by atoms with Crippen molar-refractivity contribution in [1.29, 1.82) is 0 Å². The Morgan fingerprint density at radius 1 is 1.00 bits per heavy atom. The minimum Gasteiger partial charge on any atom is -0.493 e. The van der Waals surface area contributed by atoms with Gasteiger partial charge in [-0.1, -0.05) is 31.0 Å². The topological polar surface area (TPSA) is 99.9 Å². The first kappa shape index (κ1) is 27.1. The van der Waals surface area contributed by atoms with E-state index in [2.05, 4.69) is 27.5 Å². The van der Waals surface area contributed by atoms with Gasteiger partial charge in [-0.15, -0.1) is 0 Å². The predicted molar refractivity (Wildman–Crippen MR) is 132 cm³/mol. The highest BCUT2D eigenvalue weighted by Crippen LogP contribution is 2.22. The highest BCUT2D eigenvalue weighted by Gasteiger charge is 2.19. The number of nitrogens with zero attached hydrogens (tertiary/aromatic N) is 2. The van der Waals surface area contributed by atoms with Gasteiger partial charge in [-0.2, -0.15) is 0 Å². The average molecular weight is 462 g/mol. The van der Waals surface area contributed by atoms with Crippen molar-refractivity contribution >= 4 is 11.8 Å². The summed E-state index contributed by atoms with van der Waals surface area (Å²) in [5.41, 5.74) is 6.37. The zero-order valence-electron chi connectivity index (χ0n) is 20.5. The summed E-state index contributed by atoms with van der Waals surface area (Å²) in [5.74, 6) is -0.477. The third kappa shape index (κ3) is 10.5. The minimum absolute atomic E-state index is 0.256. The molecule has 1 aliphatic rings. The average Bonchev–Trinajstić information content (AvgIpc) is 3.37. The Kier molecular flexibility index (Phi) is 12.8. The second-order valence-corrected chi connectivity index (χ2v) is 8.97. The van der Waals surface area contributed by atoms with Crippen LogP contribution in [-0.2, 0) is 16.1 Å². The van der Waals surface area contributed by atoms with Crippen molar-refractivity contribution in [2.45, 2.75) is 57.5 Å². The van der Waals surface area contributed by atoms with Crippen LogP contribution >= 0.6 is 0 Å². The predicted octanol–water partition coefficient (Wildman–Crippen LogP) is 1.73. The molecule has 0 aromatic heterocycles. The molecule has 4 N–H and O–H groups in total. The molecule has 1 fully saturated rings. The molecule has 33 heavy (non-hydrogen) atoms. The molecule has 1 aromatic carbocycles. The van der Waals surface area contributed by atoms with Crippen molar-refractivity contribution in [2.24, 2.45) is 5.73 Å². The monoisotopic (exact) mass is 461 g/mol. The Hall–Kier alpha value is -2.16. The van der Waals surface area contributed by atoms with Crippen LogP contribution in [0.3, 0.4) is 0 Å². The molecule has 1 aliphatic carbocycles. The fraction of sp³-hybridized carbons (Fsp3) is 0.680. The summed E-state index contributed by atoms with van der Waals surface area (Å²) in [4.78, 5) is 28.8. The number of hydrogen-bond acceptors (Lipinski definition) is 6. The third-order valence-electron chi connectivity index (χ3n) is 6.23. The number of carbonyl (C=O) groups excluding carboxylic acids is 2. The van der Waals surface area contributed by atoms with E-state index < -0.39 is 11.8 Å². The molecule has 0 unspecified atom stereocenters. The summed E-state index contributed by atoms with van der Waals surface area (Å²) in [5, 5.41) is 5.38. The van der Waals surface area contributed by atoms with E-state index in [-0.39, 0.29) is 6.54 Å². The summed E-state index contributed by atoms with van der Waals surface area (Å²) in [6, 6.07) is 8.36. The number of benzene rings is 1. The fourth-order valence-corrected chi connectivity index (χ4v) is 4.17. The number of amides is 2. The molecule has 186 valence electrons. The highest BCUT2D eigenvalue weighted by atomic mass is 16.5. The van der Waals surface area contributed by atoms with Crippen molar-refractivity contribution in [3.05, 3.63) is 29.8 Å². The highest BCUT2D eigenvalue weighted by molar-refractivity contribution is 6.35. The number of nitrogens with two attached hydrogens (primary N) is 1. The minimum atomic E-state index is -0.625. The quantitative estimate of drug-likeness (QED) is 0.272. The zero-order valence-corrected chi connectivity index (χ0v) is 20.5. The number of ether oxygens (including phenoxy) is 1. The molecule has 0 atom stereocenters. The van der Waals surface area contributed by atoms with E-state index in [1.165, 1.54) is 25.7 Å². The number of para-hydroxylation sites is 1. The van der Waals surface area contributed by atoms with Crippen molar-refractivity contribution in [1.82, 2.24) is 20.4 Å². The lowest BCUT2D eigenvalue weighted by molar-refractivity contribution is -0.139. The van der Waals surface area contributed by atoms with E-state index in [4.69, 9.17) is 10.5 Å². The first-order valence-electron chi connectivity index (χ1n) is 12.4. The second-order valence-electron chi connectivity index (χ2n) is 8.97. The van der Waals surface area contributed by atoms with Crippen molar-refractivity contribution in [3.8, 4) is 5.75 Å². The first-order chi connectivity index (χ1) is 16.0. The molecule has 0 heterocycles. The maximum atomic E-state index is 12.2. The summed E-state index contributed by atoms with van der Waals surface area (Å²) in [6.07, 6.45) is 7.99. The third-order valence-corrected chi connectivity index (χ3v) is 6.23. The molecule has 2 amide bonds. The summed E-state index contributed by atoms with van der Waals surface area (Å²) >= 11 is 0. The van der Waals surface area contributed by atoms with Crippen LogP contribution < -0.4 is 21.1 Å². The van der Waals surface area contributed by atoms with Gasteiger partial charge in [0.1, 0.15) is 5.75 Å². The summed E-state index contributed by atoms with van der Waals surface area (Å²) in [6.45, 7) is 4.83. The zero-order chi connectivity index (χ0) is 23.9. The van der Waals surface area contributed by atoms with Crippen molar-refractivity contribution in [2.75, 3.05) is 53.4 Å². The van der Waals surface area contributed by atoms with Crippen LogP contribution in [-0.4, -0.2) is 81.1 Å². The lowest BCUT2D eigenvalue weighted by Crippen LogP contribution is -2.40. The second kappa shape index (κ2) is 15.6. The Bertz CT molecular complexity index is 709. The van der Waals surface area contributed by atoms with Gasteiger partial charge in [0, 0.05) is 31.2 Å². The molecule has 0 aliphatic heterocycles. The summed E-state index contributed by atoms with van der Waals surface area (Å²) in [7, 11) is 4.22. The van der Waals surface area contributed by atoms with Crippen LogP contribution in [0.15, 0.2) is 24.3 Å². The van der Waals surface area contributed by atoms with Gasteiger partial charge in [-0.05, 0) is 71.9 Å². The van der Waals surface area contributed by atoms with E-state index in [1.807, 2.05) is 31.3 Å². The maximum absolute atomic E-state index is 12.2. The number of hydrogen-bond donors (Lipinski definition) is 3. The SMILES string of the molecule is CN(CCCN)CCCNC(=O)C(=O)NCc1ccccc1OCCCN(C)C1CCCC1. The standard InChI is InChI=1S/C25H43N5O3/c1-29(16-7-14-26)17-8-15-27-24(31)25(32)28-20-21-10-3-6-13-23(21)33-19-9-18-30(2)22-11-4-5-12-22/h3,6,10,13,22H,4-5,7-9,11-12,14-20,26H2,1-2H3,(H,27,31)(H,28,32). The molecule has 8 nitrogen and oxygen atoms in total. The molecule has 1 saturated carbocycles. The van der Waals surface area contributed by atoms with Crippen molar-refractivity contribution < 1.29 is 14.3 Å². The number of rotatable bonds is 15. The Labute approximate surface area is 199 Å². The normalized spacial score (nSPS) is 14.1. The van der Waals surface area contributed by atoms with Gasteiger partial charge in [-0.3, -0.25) is 9.59 Å². The van der Waals surface area contributed by atoms with Gasteiger partial charge in [0.15, 0.2) is 0 Å². The van der Waals surface area contributed by atoms with Gasteiger partial charge >= 0.3 is 11.8 Å². The molecule has 2 rings (SSSR count). The fourth-order valence-electron chi connectivity index (χ4n) is 4.17. The van der Waals surface area contributed by atoms with Crippen molar-refractivity contribution in [3.63, 3.8) is 0 Å². The van der Waals surface area contributed by atoms with E-state index in [1.54, 1.807) is 0 Å². The van der Waals surface area contributed by atoms with Gasteiger partial charge in [0.25, 0.3) is 0 Å². The molecule has 0 saturated heterocycles. The van der Waals surface area contributed by atoms with E-state index in [9.17, 15) is 9.59 Å². The van der Waals surface area contributed by atoms with Crippen LogP contribution in [0.4, 0.5) is 0 Å². The molecule has 0 spiro atoms. The first-order valence-corrected chi connectivity index (χ1v) is 12.4. The molecule has 8 heteroatoms. The summed E-state index contributed by atoms with van der Waals surface area (Å²) < 4.78 is 5.98. The van der Waals surface area contributed by atoms with Crippen LogP contribution in [0, 0.1) is 0 Å². The van der Waals surface area contributed by atoms with E-state index >= 15 is 0 Å². The molecule has 0 radical (unpaired) electrons. The van der Waals surface area contributed by atoms with Gasteiger partial charge < -0.3 is 30.9 Å². The molecular formula is C25H43N5O3. The number of carbonyl (C=O) groups is 2.